The number of rotatable bonds is 6. The van der Waals surface area contributed by atoms with Gasteiger partial charge in [0.05, 0.1) is 6.04 Å². The van der Waals surface area contributed by atoms with Crippen LogP contribution in [0.15, 0.2) is 11.3 Å². The third-order valence-corrected chi connectivity index (χ3v) is 6.68. The van der Waals surface area contributed by atoms with Gasteiger partial charge in [0.15, 0.2) is 0 Å². The molecule has 2 saturated heterocycles. The average Bonchev–Trinajstić information content (AvgIpc) is 3.17. The Morgan fingerprint density at radius 2 is 2.22 bits per heavy atom. The number of carbonyl (C=O) groups is 4. The third kappa shape index (κ3) is 3.35. The van der Waals surface area contributed by atoms with Gasteiger partial charge in [0.2, 0.25) is 5.91 Å². The molecule has 0 spiro atoms. The number of primary amides is 1. The van der Waals surface area contributed by atoms with Gasteiger partial charge in [-0.3, -0.25) is 19.8 Å². The van der Waals surface area contributed by atoms with E-state index in [1.807, 2.05) is 0 Å². The normalized spacial score (nSPS) is 29.8. The van der Waals surface area contributed by atoms with Crippen molar-refractivity contribution in [2.45, 2.75) is 17.1 Å². The molecule has 3 aliphatic rings. The summed E-state index contributed by atoms with van der Waals surface area (Å²) in [6.07, 6.45) is -1.05. The van der Waals surface area contributed by atoms with Crippen molar-refractivity contribution in [3.63, 3.8) is 0 Å². The molecule has 148 valence electrons. The lowest BCUT2D eigenvalue weighted by Gasteiger charge is -2.55. The number of amides is 3. The molecule has 0 saturated carbocycles. The second-order valence-corrected chi connectivity index (χ2v) is 8.00. The maximum absolute atomic E-state index is 12.8. The van der Waals surface area contributed by atoms with Crippen molar-refractivity contribution in [3.8, 4) is 0 Å². The van der Waals surface area contributed by atoms with E-state index in [-0.39, 0.29) is 29.5 Å². The highest BCUT2D eigenvalue weighted by atomic mass is 32.2. The maximum atomic E-state index is 12.8. The Morgan fingerprint density at radius 1 is 1.48 bits per heavy atom. The molecule has 0 radical (unpaired) electrons. The van der Waals surface area contributed by atoms with Crippen LogP contribution < -0.4 is 16.4 Å². The first-order valence-electron chi connectivity index (χ1n) is 7.83. The number of nitrogens with two attached hydrogens (primary N) is 1. The van der Waals surface area contributed by atoms with E-state index in [1.165, 1.54) is 18.9 Å². The third-order valence-electron chi connectivity index (χ3n) is 4.36. The quantitative estimate of drug-likeness (QED) is 0.294. The topological polar surface area (TPSA) is 160 Å². The highest BCUT2D eigenvalue weighted by Gasteiger charge is 2.66. The fourth-order valence-corrected chi connectivity index (χ4v) is 5.41. The number of hydrogen-bond donors (Lipinski definition) is 4. The predicted molar refractivity (Wildman–Crippen MR) is 95.4 cm³/mol. The fraction of sp³-hybridized carbons (Fsp3) is 0.571. The first-order chi connectivity index (χ1) is 12.8. The molecule has 13 heteroatoms. The number of fused-ring (bicyclic) bond motifs is 1. The zero-order valence-electron chi connectivity index (χ0n) is 14.2. The molecule has 2 fully saturated rings. The summed E-state index contributed by atoms with van der Waals surface area (Å²) in [5.74, 6) is -1.07. The summed E-state index contributed by atoms with van der Waals surface area (Å²) in [6.45, 7) is -0.337. The second kappa shape index (κ2) is 7.58. The number of carboxylic acid groups (broad SMARTS) is 1. The van der Waals surface area contributed by atoms with Gasteiger partial charge in [0.25, 0.3) is 11.6 Å². The molecule has 0 bridgehead atoms. The zero-order chi connectivity index (χ0) is 19.8. The molecule has 0 aromatic heterocycles. The van der Waals surface area contributed by atoms with E-state index in [4.69, 9.17) is 10.5 Å². The molecule has 5 N–H and O–H groups in total. The number of carboxylic acids is 1. The number of methoxy groups -OCH3 is 1. The van der Waals surface area contributed by atoms with Crippen molar-refractivity contribution in [1.29, 1.82) is 0 Å². The Bertz CT molecular complexity index is 724. The van der Waals surface area contributed by atoms with E-state index < -0.39 is 35.1 Å². The van der Waals surface area contributed by atoms with Gasteiger partial charge in [-0.2, -0.15) is 0 Å². The summed E-state index contributed by atoms with van der Waals surface area (Å²) >= 11 is 2.76. The molecule has 27 heavy (non-hydrogen) atoms. The van der Waals surface area contributed by atoms with Crippen LogP contribution in [0.25, 0.3) is 0 Å². The Balaban J connectivity index is 1.83. The largest absolute Gasteiger partial charge is 0.477 e. The Labute approximate surface area is 162 Å². The van der Waals surface area contributed by atoms with Gasteiger partial charge in [-0.05, 0) is 0 Å². The lowest BCUT2D eigenvalue weighted by atomic mass is 9.97. The first kappa shape index (κ1) is 19.8. The number of hydrogen-bond acceptors (Lipinski definition) is 9. The van der Waals surface area contributed by atoms with Crippen molar-refractivity contribution in [2.24, 2.45) is 5.73 Å². The summed E-state index contributed by atoms with van der Waals surface area (Å²) in [4.78, 5) is 48.8. The van der Waals surface area contributed by atoms with Crippen LogP contribution in [0.5, 0.6) is 0 Å². The van der Waals surface area contributed by atoms with Crippen LogP contribution in [-0.4, -0.2) is 82.1 Å². The monoisotopic (exact) mass is 418 g/mol. The minimum Gasteiger partial charge on any atom is -0.477 e. The van der Waals surface area contributed by atoms with Crippen LogP contribution >= 0.6 is 23.5 Å². The van der Waals surface area contributed by atoms with E-state index in [0.29, 0.717) is 11.6 Å². The molecular formula is C14H18N4O7S2. The summed E-state index contributed by atoms with van der Waals surface area (Å²) in [6, 6.07) is -0.452. The number of nitrogens with zero attached hydrogens (tertiary/aromatic N) is 1. The first-order valence-corrected chi connectivity index (χ1v) is 10.0. The molecule has 11 nitrogen and oxygen atoms in total. The smallest absolute Gasteiger partial charge is 0.404 e. The summed E-state index contributed by atoms with van der Waals surface area (Å²) in [5, 5.41) is 14.4. The highest BCUT2D eigenvalue weighted by Crippen LogP contribution is 2.46. The summed E-state index contributed by atoms with van der Waals surface area (Å²) < 4.78 is 10.0. The Morgan fingerprint density at radius 3 is 2.78 bits per heavy atom. The molecular weight excluding hydrogens is 400 g/mol. The predicted octanol–water partition coefficient (Wildman–Crippen LogP) is -1.54. The molecule has 0 aromatic carbocycles. The van der Waals surface area contributed by atoms with E-state index in [1.54, 1.807) is 11.8 Å². The minimum absolute atomic E-state index is 0.169. The number of thioether (sulfide) groups is 2. The number of nitrogens with one attached hydrogen (secondary N) is 2. The van der Waals surface area contributed by atoms with Crippen LogP contribution in [-0.2, 0) is 23.9 Å². The number of aliphatic carboxylic acids is 1. The van der Waals surface area contributed by atoms with Gasteiger partial charge >= 0.3 is 12.1 Å². The molecule has 3 amide bonds. The van der Waals surface area contributed by atoms with Crippen molar-refractivity contribution in [3.05, 3.63) is 11.3 Å². The molecule has 3 heterocycles. The van der Waals surface area contributed by atoms with Crippen molar-refractivity contribution >= 4 is 47.4 Å². The molecule has 3 aliphatic heterocycles. The lowest BCUT2D eigenvalue weighted by molar-refractivity contribution is -0.192. The average molecular weight is 418 g/mol. The Hall–Kier alpha value is -1.96. The highest BCUT2D eigenvalue weighted by molar-refractivity contribution is 8.00. The summed E-state index contributed by atoms with van der Waals surface area (Å²) in [7, 11) is 1.28. The van der Waals surface area contributed by atoms with Gasteiger partial charge in [0, 0.05) is 30.1 Å². The molecule has 1 unspecified atom stereocenters. The van der Waals surface area contributed by atoms with Gasteiger partial charge < -0.3 is 25.6 Å². The van der Waals surface area contributed by atoms with Gasteiger partial charge in [0.1, 0.15) is 17.7 Å². The van der Waals surface area contributed by atoms with Crippen LogP contribution in [0.3, 0.4) is 0 Å². The molecule has 0 aromatic rings. The minimum atomic E-state index is -1.65. The molecule has 3 atom stereocenters. The zero-order valence-corrected chi connectivity index (χ0v) is 15.9. The molecule has 0 aliphatic carbocycles. The van der Waals surface area contributed by atoms with Crippen LogP contribution in [0.1, 0.15) is 0 Å². The Kier molecular flexibility index (Phi) is 5.55. The van der Waals surface area contributed by atoms with Crippen molar-refractivity contribution < 1.29 is 33.8 Å². The maximum Gasteiger partial charge on any atom is 0.404 e. The lowest BCUT2D eigenvalue weighted by Crippen LogP contribution is -2.81. The van der Waals surface area contributed by atoms with Crippen molar-refractivity contribution in [2.75, 3.05) is 31.1 Å². The molecule has 3 rings (SSSR count). The van der Waals surface area contributed by atoms with Crippen LogP contribution in [0.2, 0.25) is 0 Å². The number of β-lactam (4-membered cyclic amide) rings is 1. The van der Waals surface area contributed by atoms with Crippen LogP contribution in [0.4, 0.5) is 4.79 Å². The fourth-order valence-electron chi connectivity index (χ4n) is 3.05. The van der Waals surface area contributed by atoms with Gasteiger partial charge in [-0.15, -0.1) is 23.5 Å². The second-order valence-electron chi connectivity index (χ2n) is 5.90. The van der Waals surface area contributed by atoms with Crippen LogP contribution in [0, 0.1) is 0 Å². The van der Waals surface area contributed by atoms with E-state index in [0.717, 1.165) is 4.90 Å². The van der Waals surface area contributed by atoms with E-state index >= 15 is 0 Å². The van der Waals surface area contributed by atoms with Gasteiger partial charge in [-0.1, -0.05) is 0 Å². The van der Waals surface area contributed by atoms with E-state index in [2.05, 4.69) is 15.4 Å². The standard InChI is InChI=1S/C14H18N4O7S2/c1-24-14(17-9(19)7-4-26-5-16-7)11(22)18-8(10(20)21)6(2-25-13(15)23)3-27-12(14)18/h7,12,16H,2-5H2,1H3,(H2,15,23)(H,17,19)(H,20,21)/t7?,12-,14-/m0/s1. The van der Waals surface area contributed by atoms with Gasteiger partial charge in [-0.25, -0.2) is 9.59 Å². The number of carbonyl (C=O) groups excluding carboxylic acids is 3. The SMILES string of the molecule is CO[C@@]1(NC(=O)C2CSCN2)C(=O)N2C(C(=O)O)=C(COC(N)=O)CS[C@H]21. The number of ether oxygens (including phenoxy) is 2. The van der Waals surface area contributed by atoms with E-state index in [9.17, 15) is 24.3 Å². The van der Waals surface area contributed by atoms with Crippen molar-refractivity contribution in [1.82, 2.24) is 15.5 Å². The summed E-state index contributed by atoms with van der Waals surface area (Å²) in [5.41, 5.74) is 3.22.